The number of hydrogen-bond donors (Lipinski definition) is 2. The smallest absolute Gasteiger partial charge is 0.261 e. The first-order valence-electron chi connectivity index (χ1n) is 9.55. The standard InChI is InChI=1S/C21H24ClFN2O2S/c1-3-13-4-7-15(8-5-13)24-21(27)19-12(2)10-18(28-19)25-20(26)16-9-6-14(23)11-17(16)22/h6,9-11,13,15H,3-5,7-8H2,1-2H3,(H,24,27)(H,25,26). The predicted octanol–water partition coefficient (Wildman–Crippen LogP) is 5.80. The number of anilines is 1. The minimum Gasteiger partial charge on any atom is -0.349 e. The predicted molar refractivity (Wildman–Crippen MR) is 112 cm³/mol. The molecule has 0 atom stereocenters. The lowest BCUT2D eigenvalue weighted by Gasteiger charge is -2.28. The summed E-state index contributed by atoms with van der Waals surface area (Å²) in [6.45, 7) is 4.06. The maximum atomic E-state index is 13.2. The molecule has 0 saturated heterocycles. The Morgan fingerprint density at radius 3 is 2.54 bits per heavy atom. The van der Waals surface area contributed by atoms with Gasteiger partial charge >= 0.3 is 0 Å². The second-order valence-corrected chi connectivity index (χ2v) is 8.76. The van der Waals surface area contributed by atoms with Gasteiger partial charge in [0.15, 0.2) is 0 Å². The molecule has 1 aliphatic rings. The Morgan fingerprint density at radius 2 is 1.89 bits per heavy atom. The average molecular weight is 423 g/mol. The number of rotatable bonds is 5. The Hall–Kier alpha value is -1.92. The van der Waals surface area contributed by atoms with E-state index in [9.17, 15) is 14.0 Å². The van der Waals surface area contributed by atoms with Gasteiger partial charge in [-0.05, 0) is 68.4 Å². The summed E-state index contributed by atoms with van der Waals surface area (Å²) in [5.74, 6) is -0.254. The molecule has 1 aromatic carbocycles. The van der Waals surface area contributed by atoms with Crippen LogP contribution in [-0.2, 0) is 0 Å². The summed E-state index contributed by atoms with van der Waals surface area (Å²) in [4.78, 5) is 25.7. The van der Waals surface area contributed by atoms with Gasteiger partial charge in [-0.25, -0.2) is 4.39 Å². The first-order valence-corrected chi connectivity index (χ1v) is 10.7. The number of carbonyl (C=O) groups is 2. The van der Waals surface area contributed by atoms with E-state index in [1.165, 1.54) is 29.9 Å². The van der Waals surface area contributed by atoms with E-state index in [1.807, 2.05) is 6.92 Å². The van der Waals surface area contributed by atoms with E-state index < -0.39 is 11.7 Å². The van der Waals surface area contributed by atoms with Gasteiger partial charge in [-0.3, -0.25) is 9.59 Å². The van der Waals surface area contributed by atoms with Crippen LogP contribution in [0.1, 0.15) is 64.6 Å². The lowest BCUT2D eigenvalue weighted by Crippen LogP contribution is -2.37. The van der Waals surface area contributed by atoms with E-state index in [0.29, 0.717) is 9.88 Å². The van der Waals surface area contributed by atoms with Crippen molar-refractivity contribution in [3.63, 3.8) is 0 Å². The number of hydrogen-bond acceptors (Lipinski definition) is 3. The number of aryl methyl sites for hydroxylation is 1. The molecule has 2 aromatic rings. The van der Waals surface area contributed by atoms with Crippen molar-refractivity contribution in [2.45, 2.75) is 52.0 Å². The highest BCUT2D eigenvalue weighted by Crippen LogP contribution is 2.30. The Morgan fingerprint density at radius 1 is 1.18 bits per heavy atom. The Labute approximate surface area is 173 Å². The second kappa shape index (κ2) is 9.05. The second-order valence-electron chi connectivity index (χ2n) is 7.30. The zero-order chi connectivity index (χ0) is 20.3. The fourth-order valence-corrected chi connectivity index (χ4v) is 4.81. The molecule has 3 rings (SSSR count). The first kappa shape index (κ1) is 20.8. The van der Waals surface area contributed by atoms with Crippen LogP contribution in [0.4, 0.5) is 9.39 Å². The van der Waals surface area contributed by atoms with E-state index >= 15 is 0 Å². The van der Waals surface area contributed by atoms with Crippen LogP contribution in [0, 0.1) is 18.7 Å². The molecule has 0 unspecified atom stereocenters. The topological polar surface area (TPSA) is 58.2 Å². The van der Waals surface area contributed by atoms with Crippen LogP contribution in [0.5, 0.6) is 0 Å². The zero-order valence-corrected chi connectivity index (χ0v) is 17.6. The van der Waals surface area contributed by atoms with E-state index in [-0.39, 0.29) is 22.5 Å². The maximum Gasteiger partial charge on any atom is 0.261 e. The average Bonchev–Trinajstić information content (AvgIpc) is 3.02. The molecule has 0 spiro atoms. The molecule has 0 bridgehead atoms. The Bertz CT molecular complexity index is 875. The normalized spacial score (nSPS) is 19.3. The molecular weight excluding hydrogens is 399 g/mol. The molecular formula is C21H24ClFN2O2S. The SMILES string of the molecule is CCC1CCC(NC(=O)c2sc(NC(=O)c3ccc(F)cc3Cl)cc2C)CC1. The van der Waals surface area contributed by atoms with Crippen molar-refractivity contribution in [3.05, 3.63) is 51.1 Å². The molecule has 150 valence electrons. The molecule has 0 radical (unpaired) electrons. The van der Waals surface area contributed by atoms with Gasteiger partial charge in [0.1, 0.15) is 5.82 Å². The quantitative estimate of drug-likeness (QED) is 0.639. The summed E-state index contributed by atoms with van der Waals surface area (Å²) in [6.07, 6.45) is 5.55. The van der Waals surface area contributed by atoms with Crippen LogP contribution in [0.25, 0.3) is 0 Å². The number of benzene rings is 1. The molecule has 1 aromatic heterocycles. The van der Waals surface area contributed by atoms with Crippen molar-refractivity contribution >= 4 is 39.8 Å². The largest absolute Gasteiger partial charge is 0.349 e. The van der Waals surface area contributed by atoms with Crippen molar-refractivity contribution < 1.29 is 14.0 Å². The van der Waals surface area contributed by atoms with Crippen LogP contribution in [0.2, 0.25) is 5.02 Å². The molecule has 28 heavy (non-hydrogen) atoms. The highest BCUT2D eigenvalue weighted by molar-refractivity contribution is 7.18. The third kappa shape index (κ3) is 4.92. The van der Waals surface area contributed by atoms with Crippen molar-refractivity contribution in [1.82, 2.24) is 5.32 Å². The van der Waals surface area contributed by atoms with Crippen LogP contribution in [-0.4, -0.2) is 17.9 Å². The van der Waals surface area contributed by atoms with Crippen LogP contribution >= 0.6 is 22.9 Å². The summed E-state index contributed by atoms with van der Waals surface area (Å²) in [5, 5.41) is 6.48. The van der Waals surface area contributed by atoms with Gasteiger partial charge in [-0.15, -0.1) is 11.3 Å². The van der Waals surface area contributed by atoms with Gasteiger partial charge in [0.2, 0.25) is 0 Å². The van der Waals surface area contributed by atoms with Crippen LogP contribution in [0.3, 0.4) is 0 Å². The molecule has 7 heteroatoms. The molecule has 0 aliphatic heterocycles. The molecule has 4 nitrogen and oxygen atoms in total. The summed E-state index contributed by atoms with van der Waals surface area (Å²) in [7, 11) is 0. The van der Waals surface area contributed by atoms with E-state index in [4.69, 9.17) is 11.6 Å². The summed E-state index contributed by atoms with van der Waals surface area (Å²) in [6, 6.07) is 5.61. The summed E-state index contributed by atoms with van der Waals surface area (Å²) < 4.78 is 13.2. The Kier molecular flexibility index (Phi) is 6.73. The van der Waals surface area contributed by atoms with E-state index in [1.54, 1.807) is 6.07 Å². The highest BCUT2D eigenvalue weighted by Gasteiger charge is 2.23. The lowest BCUT2D eigenvalue weighted by atomic mass is 9.84. The number of nitrogens with one attached hydrogen (secondary N) is 2. The molecule has 2 N–H and O–H groups in total. The highest BCUT2D eigenvalue weighted by atomic mass is 35.5. The van der Waals surface area contributed by atoms with E-state index in [2.05, 4.69) is 17.6 Å². The van der Waals surface area contributed by atoms with Gasteiger partial charge in [-0.2, -0.15) is 0 Å². The number of carbonyl (C=O) groups excluding carboxylic acids is 2. The molecule has 1 aliphatic carbocycles. The van der Waals surface area contributed by atoms with Crippen LogP contribution in [0.15, 0.2) is 24.3 Å². The number of halogens is 2. The third-order valence-corrected chi connectivity index (χ3v) is 6.76. The summed E-state index contributed by atoms with van der Waals surface area (Å²) >= 11 is 7.18. The minimum atomic E-state index is -0.500. The molecule has 1 heterocycles. The molecule has 2 amide bonds. The fourth-order valence-electron chi connectivity index (χ4n) is 3.59. The minimum absolute atomic E-state index is 0.0476. The first-order chi connectivity index (χ1) is 13.4. The molecule has 1 saturated carbocycles. The van der Waals surface area contributed by atoms with Crippen molar-refractivity contribution in [2.75, 3.05) is 5.32 Å². The van der Waals surface area contributed by atoms with Crippen molar-refractivity contribution in [1.29, 1.82) is 0 Å². The van der Waals surface area contributed by atoms with Crippen LogP contribution < -0.4 is 10.6 Å². The lowest BCUT2D eigenvalue weighted by molar-refractivity contribution is 0.0924. The van der Waals surface area contributed by atoms with Gasteiger partial charge in [0.05, 0.1) is 20.5 Å². The van der Waals surface area contributed by atoms with E-state index in [0.717, 1.165) is 43.2 Å². The molecule has 1 fully saturated rings. The summed E-state index contributed by atoms with van der Waals surface area (Å²) in [5.41, 5.74) is 0.998. The number of amides is 2. The Balaban J connectivity index is 1.64. The third-order valence-electron chi connectivity index (χ3n) is 5.30. The maximum absolute atomic E-state index is 13.2. The zero-order valence-electron chi connectivity index (χ0n) is 16.0. The van der Waals surface area contributed by atoms with Crippen molar-refractivity contribution in [3.8, 4) is 0 Å². The fraction of sp³-hybridized carbons (Fsp3) is 0.429. The van der Waals surface area contributed by atoms with Crippen molar-refractivity contribution in [2.24, 2.45) is 5.92 Å². The van der Waals surface area contributed by atoms with Gasteiger partial charge in [0, 0.05) is 6.04 Å². The monoisotopic (exact) mass is 422 g/mol. The van der Waals surface area contributed by atoms with Gasteiger partial charge in [-0.1, -0.05) is 24.9 Å². The van der Waals surface area contributed by atoms with Gasteiger partial charge < -0.3 is 10.6 Å². The van der Waals surface area contributed by atoms with Gasteiger partial charge in [0.25, 0.3) is 11.8 Å². The number of thiophene rings is 1.